The lowest BCUT2D eigenvalue weighted by atomic mass is 9.87. The van der Waals surface area contributed by atoms with Gasteiger partial charge in [0.25, 0.3) is 6.01 Å². The summed E-state index contributed by atoms with van der Waals surface area (Å²) in [6.45, 7) is 2.45. The fourth-order valence-corrected chi connectivity index (χ4v) is 3.31. The first-order chi connectivity index (χ1) is 10.2. The number of rotatable bonds is 1. The summed E-state index contributed by atoms with van der Waals surface area (Å²) in [6, 6.07) is 8.53. The minimum atomic E-state index is -0.0421. The average Bonchev–Trinajstić information content (AvgIpc) is 3.06. The number of urea groups is 1. The monoisotopic (exact) mass is 286 g/mol. The number of carbonyl (C=O) groups excluding carboxylic acids is 1. The molecule has 1 aromatic heterocycles. The van der Waals surface area contributed by atoms with Crippen LogP contribution in [0.5, 0.6) is 0 Å². The number of amides is 2. The number of fused-ring (bicyclic) bond motifs is 1. The Labute approximate surface area is 122 Å². The van der Waals surface area contributed by atoms with Crippen molar-refractivity contribution in [1.29, 1.82) is 0 Å². The Morgan fingerprint density at radius 3 is 2.71 bits per heavy atom. The van der Waals surface area contributed by atoms with Crippen LogP contribution in [0.1, 0.15) is 12.8 Å². The number of nitrogens with zero attached hydrogens (tertiary/aromatic N) is 3. The fraction of sp³-hybridized carbons (Fsp3) is 0.467. The van der Waals surface area contributed by atoms with Gasteiger partial charge in [0.1, 0.15) is 5.52 Å². The molecule has 2 saturated heterocycles. The summed E-state index contributed by atoms with van der Waals surface area (Å²) in [7, 11) is 1.89. The second kappa shape index (κ2) is 4.38. The minimum absolute atomic E-state index is 0.0327. The molecular weight excluding hydrogens is 268 g/mol. The molecule has 0 bridgehead atoms. The predicted octanol–water partition coefficient (Wildman–Crippen LogP) is 1.82. The SMILES string of the molecule is CN1C(=O)NCC12CCN(c1nc3ccccc3o1)CC2. The Morgan fingerprint density at radius 1 is 1.29 bits per heavy atom. The lowest BCUT2D eigenvalue weighted by Gasteiger charge is -2.41. The van der Waals surface area contributed by atoms with E-state index in [0.717, 1.165) is 43.6 Å². The highest BCUT2D eigenvalue weighted by molar-refractivity contribution is 5.78. The van der Waals surface area contributed by atoms with Crippen molar-refractivity contribution < 1.29 is 9.21 Å². The van der Waals surface area contributed by atoms with Crippen molar-refractivity contribution in [3.05, 3.63) is 24.3 Å². The zero-order valence-corrected chi connectivity index (χ0v) is 12.0. The molecular formula is C15H18N4O2. The molecule has 0 unspecified atom stereocenters. The lowest BCUT2D eigenvalue weighted by Crippen LogP contribution is -2.53. The van der Waals surface area contributed by atoms with Crippen molar-refractivity contribution in [2.45, 2.75) is 18.4 Å². The average molecular weight is 286 g/mol. The van der Waals surface area contributed by atoms with Gasteiger partial charge in [0, 0.05) is 26.7 Å². The van der Waals surface area contributed by atoms with E-state index in [1.165, 1.54) is 0 Å². The molecule has 6 heteroatoms. The number of hydrogen-bond donors (Lipinski definition) is 1. The van der Waals surface area contributed by atoms with Gasteiger partial charge in [0.15, 0.2) is 5.58 Å². The van der Waals surface area contributed by atoms with E-state index in [4.69, 9.17) is 4.42 Å². The van der Waals surface area contributed by atoms with E-state index in [1.807, 2.05) is 36.2 Å². The van der Waals surface area contributed by atoms with Gasteiger partial charge >= 0.3 is 6.03 Å². The summed E-state index contributed by atoms with van der Waals surface area (Å²) in [4.78, 5) is 20.3. The molecule has 2 aromatic rings. The first kappa shape index (κ1) is 12.5. The van der Waals surface area contributed by atoms with Gasteiger partial charge in [-0.3, -0.25) is 0 Å². The van der Waals surface area contributed by atoms with Crippen LogP contribution >= 0.6 is 0 Å². The predicted molar refractivity (Wildman–Crippen MR) is 79.3 cm³/mol. The Hall–Kier alpha value is -2.24. The van der Waals surface area contributed by atoms with Gasteiger partial charge in [-0.15, -0.1) is 0 Å². The van der Waals surface area contributed by atoms with E-state index in [1.54, 1.807) is 0 Å². The summed E-state index contributed by atoms with van der Waals surface area (Å²) in [5.41, 5.74) is 1.67. The molecule has 0 saturated carbocycles. The van der Waals surface area contributed by atoms with Gasteiger partial charge in [0.05, 0.1) is 5.54 Å². The number of benzene rings is 1. The maximum atomic E-state index is 11.7. The quantitative estimate of drug-likeness (QED) is 0.868. The van der Waals surface area contributed by atoms with Crippen LogP contribution in [0.25, 0.3) is 11.1 Å². The van der Waals surface area contributed by atoms with Gasteiger partial charge in [-0.25, -0.2) is 4.79 Å². The molecule has 2 amide bonds. The minimum Gasteiger partial charge on any atom is -0.423 e. The van der Waals surface area contributed by atoms with Gasteiger partial charge in [-0.05, 0) is 25.0 Å². The Balaban J connectivity index is 1.53. The van der Waals surface area contributed by atoms with Crippen LogP contribution in [0.3, 0.4) is 0 Å². The molecule has 21 heavy (non-hydrogen) atoms. The van der Waals surface area contributed by atoms with Crippen molar-refractivity contribution in [2.75, 3.05) is 31.6 Å². The molecule has 1 aromatic carbocycles. The fourth-order valence-electron chi connectivity index (χ4n) is 3.31. The van der Waals surface area contributed by atoms with Gasteiger partial charge in [-0.2, -0.15) is 4.98 Å². The Kier molecular flexibility index (Phi) is 2.60. The maximum absolute atomic E-state index is 11.7. The zero-order chi connectivity index (χ0) is 14.4. The smallest absolute Gasteiger partial charge is 0.317 e. The molecule has 0 aliphatic carbocycles. The molecule has 1 spiro atoms. The van der Waals surface area contributed by atoms with E-state index in [0.29, 0.717) is 6.01 Å². The number of likely N-dealkylation sites (N-methyl/N-ethyl adjacent to an activating group) is 1. The lowest BCUT2D eigenvalue weighted by molar-refractivity contribution is 0.154. The van der Waals surface area contributed by atoms with E-state index < -0.39 is 0 Å². The zero-order valence-electron chi connectivity index (χ0n) is 12.0. The van der Waals surface area contributed by atoms with Crippen LogP contribution in [0.4, 0.5) is 10.8 Å². The molecule has 2 fully saturated rings. The number of carbonyl (C=O) groups is 1. The van der Waals surface area contributed by atoms with E-state index >= 15 is 0 Å². The molecule has 1 N–H and O–H groups in total. The van der Waals surface area contributed by atoms with Gasteiger partial charge in [-0.1, -0.05) is 12.1 Å². The summed E-state index contributed by atoms with van der Waals surface area (Å²) in [6.07, 6.45) is 1.86. The Bertz CT molecular complexity index is 655. The van der Waals surface area contributed by atoms with Crippen LogP contribution < -0.4 is 10.2 Å². The molecule has 2 aliphatic rings. The van der Waals surface area contributed by atoms with Crippen molar-refractivity contribution in [3.8, 4) is 0 Å². The second-order valence-corrected chi connectivity index (χ2v) is 5.89. The van der Waals surface area contributed by atoms with Gasteiger partial charge in [0.2, 0.25) is 0 Å². The van der Waals surface area contributed by atoms with Crippen LogP contribution in [0.15, 0.2) is 28.7 Å². The summed E-state index contributed by atoms with van der Waals surface area (Å²) in [5.74, 6) is 0. The third-order valence-corrected chi connectivity index (χ3v) is 4.83. The number of hydrogen-bond acceptors (Lipinski definition) is 4. The summed E-state index contributed by atoms with van der Waals surface area (Å²) >= 11 is 0. The largest absolute Gasteiger partial charge is 0.423 e. The normalized spacial score (nSPS) is 21.3. The molecule has 0 atom stereocenters. The maximum Gasteiger partial charge on any atom is 0.317 e. The van der Waals surface area contributed by atoms with Crippen LogP contribution in [-0.4, -0.2) is 48.1 Å². The van der Waals surface area contributed by atoms with Crippen LogP contribution in [-0.2, 0) is 0 Å². The topological polar surface area (TPSA) is 61.6 Å². The molecule has 110 valence electrons. The molecule has 3 heterocycles. The highest BCUT2D eigenvalue weighted by atomic mass is 16.4. The van der Waals surface area contributed by atoms with Crippen LogP contribution in [0, 0.1) is 0 Å². The second-order valence-electron chi connectivity index (χ2n) is 5.89. The number of oxazole rings is 1. The highest BCUT2D eigenvalue weighted by Crippen LogP contribution is 2.33. The third kappa shape index (κ3) is 1.86. The van der Waals surface area contributed by atoms with Gasteiger partial charge < -0.3 is 19.5 Å². The van der Waals surface area contributed by atoms with E-state index in [-0.39, 0.29) is 11.6 Å². The van der Waals surface area contributed by atoms with E-state index in [2.05, 4.69) is 15.2 Å². The van der Waals surface area contributed by atoms with Crippen LogP contribution in [0.2, 0.25) is 0 Å². The number of piperidine rings is 1. The Morgan fingerprint density at radius 2 is 2.05 bits per heavy atom. The number of aromatic nitrogens is 1. The molecule has 2 aliphatic heterocycles. The highest BCUT2D eigenvalue weighted by Gasteiger charge is 2.45. The number of para-hydroxylation sites is 2. The standard InChI is InChI=1S/C15H18N4O2/c1-18-13(20)16-10-15(18)6-8-19(9-7-15)14-17-11-4-2-3-5-12(11)21-14/h2-5H,6-10H2,1H3,(H,16,20). The van der Waals surface area contributed by atoms with Crippen molar-refractivity contribution in [1.82, 2.24) is 15.2 Å². The van der Waals surface area contributed by atoms with Crippen molar-refractivity contribution in [2.24, 2.45) is 0 Å². The van der Waals surface area contributed by atoms with Crippen molar-refractivity contribution >= 4 is 23.1 Å². The first-order valence-electron chi connectivity index (χ1n) is 7.30. The molecule has 6 nitrogen and oxygen atoms in total. The number of nitrogens with one attached hydrogen (secondary N) is 1. The number of anilines is 1. The third-order valence-electron chi connectivity index (χ3n) is 4.83. The molecule has 4 rings (SSSR count). The summed E-state index contributed by atoms with van der Waals surface area (Å²) < 4.78 is 5.83. The molecule has 0 radical (unpaired) electrons. The first-order valence-corrected chi connectivity index (χ1v) is 7.30. The van der Waals surface area contributed by atoms with Crippen molar-refractivity contribution in [3.63, 3.8) is 0 Å². The summed E-state index contributed by atoms with van der Waals surface area (Å²) in [5, 5.41) is 2.94. The van der Waals surface area contributed by atoms with E-state index in [9.17, 15) is 4.79 Å².